The number of nitrogens with one attached hydrogen (secondary N) is 1. The molecule has 0 aliphatic carbocycles. The molecule has 3 rings (SSSR count). The van der Waals surface area contributed by atoms with Crippen molar-refractivity contribution in [3.8, 4) is 0 Å². The molecule has 3 aromatic rings. The molecule has 1 amide bonds. The van der Waals surface area contributed by atoms with Gasteiger partial charge in [0, 0.05) is 12.7 Å². The van der Waals surface area contributed by atoms with Gasteiger partial charge in [0.1, 0.15) is 15.6 Å². The smallest absolute Gasteiger partial charge is 0.267 e. The average Bonchev–Trinajstić information content (AvgIpc) is 3.19. The van der Waals surface area contributed by atoms with Crippen molar-refractivity contribution in [3.05, 3.63) is 76.2 Å². The fraction of sp³-hybridized carbons (Fsp3) is 0.150. The summed E-state index contributed by atoms with van der Waals surface area (Å²) < 4.78 is 40.2. The van der Waals surface area contributed by atoms with Crippen molar-refractivity contribution in [1.29, 1.82) is 0 Å². The van der Waals surface area contributed by atoms with Crippen LogP contribution in [0.3, 0.4) is 0 Å². The number of nitrogens with zero attached hydrogens (tertiary/aromatic N) is 1. The van der Waals surface area contributed by atoms with Crippen molar-refractivity contribution in [2.75, 3.05) is 16.7 Å². The normalized spacial score (nSPS) is 11.2. The van der Waals surface area contributed by atoms with E-state index in [-0.39, 0.29) is 9.77 Å². The predicted molar refractivity (Wildman–Crippen MR) is 110 cm³/mol. The molecule has 1 N–H and O–H groups in total. The van der Waals surface area contributed by atoms with E-state index in [9.17, 15) is 17.6 Å². The third-order valence-corrected chi connectivity index (χ3v) is 7.15. The Hall–Kier alpha value is -2.71. The number of thiophene rings is 1. The van der Waals surface area contributed by atoms with Gasteiger partial charge in [-0.1, -0.05) is 19.1 Å². The molecule has 28 heavy (non-hydrogen) atoms. The largest absolute Gasteiger partial charge is 0.321 e. The summed E-state index contributed by atoms with van der Waals surface area (Å²) in [5, 5.41) is 4.29. The van der Waals surface area contributed by atoms with E-state index in [4.69, 9.17) is 0 Å². The summed E-state index contributed by atoms with van der Waals surface area (Å²) in [5.74, 6) is -0.954. The Morgan fingerprint density at radius 1 is 1.07 bits per heavy atom. The third kappa shape index (κ3) is 4.07. The number of carbonyl (C=O) groups excluding carboxylic acids is 1. The summed E-state index contributed by atoms with van der Waals surface area (Å²) in [6.07, 6.45) is 0.886. The van der Waals surface area contributed by atoms with Gasteiger partial charge in [-0.3, -0.25) is 9.10 Å². The zero-order valence-corrected chi connectivity index (χ0v) is 17.0. The van der Waals surface area contributed by atoms with Crippen LogP contribution in [0, 0.1) is 5.82 Å². The Balaban J connectivity index is 1.86. The number of sulfonamides is 1. The van der Waals surface area contributed by atoms with Crippen molar-refractivity contribution in [2.45, 2.75) is 18.2 Å². The molecular weight excluding hydrogens is 399 g/mol. The van der Waals surface area contributed by atoms with Crippen molar-refractivity contribution in [1.82, 2.24) is 0 Å². The van der Waals surface area contributed by atoms with Crippen molar-refractivity contribution in [2.24, 2.45) is 0 Å². The van der Waals surface area contributed by atoms with Crippen molar-refractivity contribution < 1.29 is 17.6 Å². The molecule has 146 valence electrons. The van der Waals surface area contributed by atoms with Crippen LogP contribution in [0.25, 0.3) is 0 Å². The van der Waals surface area contributed by atoms with Crippen molar-refractivity contribution in [3.63, 3.8) is 0 Å². The first-order valence-electron chi connectivity index (χ1n) is 8.55. The summed E-state index contributed by atoms with van der Waals surface area (Å²) in [5.41, 5.74) is 2.03. The first kappa shape index (κ1) is 20.0. The van der Waals surface area contributed by atoms with E-state index in [1.165, 1.54) is 37.4 Å². The number of aryl methyl sites for hydroxylation is 1. The number of carbonyl (C=O) groups is 1. The molecule has 0 saturated heterocycles. The molecule has 8 heteroatoms. The SMILES string of the molecule is CCc1ccc(NC(=O)c2sccc2S(=O)(=O)N(C)c2ccc(F)cc2)cc1. The van der Waals surface area contributed by atoms with Gasteiger partial charge in [-0.2, -0.15) is 0 Å². The minimum absolute atomic E-state index is 0.0907. The highest BCUT2D eigenvalue weighted by atomic mass is 32.2. The van der Waals surface area contributed by atoms with Crippen LogP contribution in [0.2, 0.25) is 0 Å². The lowest BCUT2D eigenvalue weighted by atomic mass is 10.1. The van der Waals surface area contributed by atoms with Gasteiger partial charge in [0.25, 0.3) is 15.9 Å². The summed E-state index contributed by atoms with van der Waals surface area (Å²) in [6.45, 7) is 2.04. The number of benzene rings is 2. The molecule has 1 heterocycles. The summed E-state index contributed by atoms with van der Waals surface area (Å²) in [7, 11) is -2.61. The minimum atomic E-state index is -3.98. The van der Waals surface area contributed by atoms with Crippen LogP contribution in [-0.2, 0) is 16.4 Å². The molecule has 2 aromatic carbocycles. The van der Waals surface area contributed by atoms with Crippen LogP contribution < -0.4 is 9.62 Å². The van der Waals surface area contributed by atoms with Gasteiger partial charge in [-0.25, -0.2) is 12.8 Å². The Morgan fingerprint density at radius 3 is 2.32 bits per heavy atom. The van der Waals surface area contributed by atoms with Crippen LogP contribution in [0.5, 0.6) is 0 Å². The topological polar surface area (TPSA) is 66.5 Å². The average molecular weight is 419 g/mol. The van der Waals surface area contributed by atoms with Gasteiger partial charge in [0.15, 0.2) is 0 Å². The van der Waals surface area contributed by atoms with Gasteiger partial charge in [0.05, 0.1) is 5.69 Å². The molecule has 0 aliphatic rings. The second-order valence-electron chi connectivity index (χ2n) is 6.07. The van der Waals surface area contributed by atoms with Crippen LogP contribution in [0.15, 0.2) is 64.9 Å². The second kappa shape index (κ2) is 8.12. The molecule has 0 saturated carbocycles. The lowest BCUT2D eigenvalue weighted by Gasteiger charge is -2.19. The quantitative estimate of drug-likeness (QED) is 0.640. The van der Waals surface area contributed by atoms with Gasteiger partial charge in [-0.05, 0) is 59.8 Å². The lowest BCUT2D eigenvalue weighted by Crippen LogP contribution is -2.28. The van der Waals surface area contributed by atoms with E-state index >= 15 is 0 Å². The van der Waals surface area contributed by atoms with E-state index in [1.54, 1.807) is 17.5 Å². The number of anilines is 2. The monoisotopic (exact) mass is 418 g/mol. The second-order valence-corrected chi connectivity index (χ2v) is 8.92. The maximum absolute atomic E-state index is 13.1. The number of halogens is 1. The predicted octanol–water partition coefficient (Wildman–Crippen LogP) is 4.53. The number of hydrogen-bond donors (Lipinski definition) is 1. The molecule has 0 spiro atoms. The van der Waals surface area contributed by atoms with Crippen LogP contribution >= 0.6 is 11.3 Å². The van der Waals surface area contributed by atoms with Gasteiger partial charge in [0.2, 0.25) is 0 Å². The molecule has 0 bridgehead atoms. The Bertz CT molecular complexity index is 1080. The first-order valence-corrected chi connectivity index (χ1v) is 10.9. The summed E-state index contributed by atoms with van der Waals surface area (Å²) in [4.78, 5) is 12.7. The van der Waals surface area contributed by atoms with Crippen LogP contribution in [0.1, 0.15) is 22.2 Å². The van der Waals surface area contributed by atoms with Gasteiger partial charge >= 0.3 is 0 Å². The fourth-order valence-electron chi connectivity index (χ4n) is 2.62. The lowest BCUT2D eigenvalue weighted by molar-refractivity contribution is 0.102. The highest BCUT2D eigenvalue weighted by Crippen LogP contribution is 2.28. The zero-order valence-electron chi connectivity index (χ0n) is 15.3. The van der Waals surface area contributed by atoms with Crippen molar-refractivity contribution >= 4 is 38.6 Å². The molecular formula is C20H19FN2O3S2. The fourth-order valence-corrected chi connectivity index (χ4v) is 5.11. The van der Waals surface area contributed by atoms with Crippen LogP contribution in [0.4, 0.5) is 15.8 Å². The Labute approximate surface area is 167 Å². The molecule has 0 atom stereocenters. The van der Waals surface area contributed by atoms with E-state index in [0.717, 1.165) is 27.6 Å². The molecule has 5 nitrogen and oxygen atoms in total. The standard InChI is InChI=1S/C20H19FN2O3S2/c1-3-14-4-8-16(9-5-14)22-20(24)19-18(12-13-27-19)28(25,26)23(2)17-10-6-15(21)7-11-17/h4-13H,3H2,1-2H3,(H,22,24). The molecule has 0 unspecified atom stereocenters. The minimum Gasteiger partial charge on any atom is -0.321 e. The summed E-state index contributed by atoms with van der Waals surface area (Å²) in [6, 6.07) is 13.9. The molecule has 0 aliphatic heterocycles. The molecule has 0 radical (unpaired) electrons. The highest BCUT2D eigenvalue weighted by Gasteiger charge is 2.28. The highest BCUT2D eigenvalue weighted by molar-refractivity contribution is 7.93. The maximum Gasteiger partial charge on any atom is 0.267 e. The maximum atomic E-state index is 13.1. The Morgan fingerprint density at radius 2 is 1.71 bits per heavy atom. The number of amides is 1. The van der Waals surface area contributed by atoms with E-state index in [0.29, 0.717) is 11.4 Å². The number of rotatable bonds is 6. The van der Waals surface area contributed by atoms with E-state index in [2.05, 4.69) is 5.32 Å². The summed E-state index contributed by atoms with van der Waals surface area (Å²) >= 11 is 1.05. The molecule has 0 fully saturated rings. The molecule has 1 aromatic heterocycles. The van der Waals surface area contributed by atoms with Gasteiger partial charge in [-0.15, -0.1) is 11.3 Å². The van der Waals surface area contributed by atoms with E-state index in [1.807, 2.05) is 19.1 Å². The van der Waals surface area contributed by atoms with E-state index < -0.39 is 21.7 Å². The number of hydrogen-bond acceptors (Lipinski definition) is 4. The van der Waals surface area contributed by atoms with Gasteiger partial charge < -0.3 is 5.32 Å². The van der Waals surface area contributed by atoms with Crippen LogP contribution in [-0.4, -0.2) is 21.4 Å². The first-order chi connectivity index (χ1) is 13.3. The Kier molecular flexibility index (Phi) is 5.81. The zero-order chi connectivity index (χ0) is 20.3. The third-order valence-electron chi connectivity index (χ3n) is 4.28.